The maximum Gasteiger partial charge on any atom is 0.142 e. The zero-order valence-electron chi connectivity index (χ0n) is 13.0. The molecule has 0 unspecified atom stereocenters. The smallest absolute Gasteiger partial charge is 0.142 e. The number of nitriles is 1. The van der Waals surface area contributed by atoms with Crippen molar-refractivity contribution in [2.24, 2.45) is 0 Å². The van der Waals surface area contributed by atoms with Crippen LogP contribution < -0.4 is 5.73 Å². The lowest BCUT2D eigenvalue weighted by molar-refractivity contribution is 1.30. The van der Waals surface area contributed by atoms with Gasteiger partial charge in [-0.05, 0) is 42.2 Å². The first-order valence-electron chi connectivity index (χ1n) is 7.23. The van der Waals surface area contributed by atoms with Crippen molar-refractivity contribution < 1.29 is 0 Å². The van der Waals surface area contributed by atoms with Crippen molar-refractivity contribution in [3.05, 3.63) is 64.6 Å². The van der Waals surface area contributed by atoms with Gasteiger partial charge in [-0.15, -0.1) is 11.8 Å². The molecule has 0 aliphatic heterocycles. The van der Waals surface area contributed by atoms with E-state index in [1.54, 1.807) is 11.8 Å². The van der Waals surface area contributed by atoms with E-state index in [1.165, 1.54) is 4.90 Å². The second-order valence-electron chi connectivity index (χ2n) is 5.17. The average Bonchev–Trinajstić information content (AvgIpc) is 2.61. The van der Waals surface area contributed by atoms with Crippen LogP contribution >= 0.6 is 27.7 Å². The predicted molar refractivity (Wildman–Crippen MR) is 104 cm³/mol. The van der Waals surface area contributed by atoms with Gasteiger partial charge in [-0.25, -0.2) is 4.98 Å². The summed E-state index contributed by atoms with van der Waals surface area (Å²) in [6, 6.07) is 20.0. The number of halogens is 1. The van der Waals surface area contributed by atoms with E-state index in [0.717, 1.165) is 26.9 Å². The van der Waals surface area contributed by atoms with E-state index in [-0.39, 0.29) is 5.82 Å². The SMILES string of the molecule is CSc1ccc(-c2cc(-c3cccc(Br)c3)nc(N)c2C#N)cc1. The number of nitrogens with zero attached hydrogens (tertiary/aromatic N) is 2. The second-order valence-corrected chi connectivity index (χ2v) is 6.96. The van der Waals surface area contributed by atoms with E-state index < -0.39 is 0 Å². The largest absolute Gasteiger partial charge is 0.383 e. The van der Waals surface area contributed by atoms with Gasteiger partial charge in [0.05, 0.1) is 5.69 Å². The highest BCUT2D eigenvalue weighted by atomic mass is 79.9. The van der Waals surface area contributed by atoms with Gasteiger partial charge < -0.3 is 5.73 Å². The molecule has 0 spiro atoms. The summed E-state index contributed by atoms with van der Waals surface area (Å²) in [4.78, 5) is 5.58. The number of nitrogen functional groups attached to an aromatic ring is 1. The Balaban J connectivity index is 2.18. The number of hydrogen-bond acceptors (Lipinski definition) is 4. The van der Waals surface area contributed by atoms with Gasteiger partial charge >= 0.3 is 0 Å². The van der Waals surface area contributed by atoms with E-state index in [9.17, 15) is 5.26 Å². The molecule has 0 saturated heterocycles. The van der Waals surface area contributed by atoms with E-state index in [1.807, 2.05) is 60.9 Å². The third kappa shape index (κ3) is 3.30. The zero-order valence-corrected chi connectivity index (χ0v) is 15.4. The minimum atomic E-state index is 0.249. The topological polar surface area (TPSA) is 62.7 Å². The van der Waals surface area contributed by atoms with Gasteiger partial charge in [0.1, 0.15) is 17.5 Å². The van der Waals surface area contributed by atoms with Crippen LogP contribution in [0.25, 0.3) is 22.4 Å². The van der Waals surface area contributed by atoms with Gasteiger partial charge in [0.25, 0.3) is 0 Å². The molecular formula is C19H14BrN3S. The van der Waals surface area contributed by atoms with Crippen molar-refractivity contribution in [2.45, 2.75) is 4.90 Å². The van der Waals surface area contributed by atoms with Gasteiger partial charge in [0, 0.05) is 20.5 Å². The molecule has 2 N–H and O–H groups in total. The number of aromatic nitrogens is 1. The van der Waals surface area contributed by atoms with Gasteiger partial charge in [0.15, 0.2) is 0 Å². The third-order valence-corrected chi connectivity index (χ3v) is 4.92. The Morgan fingerprint density at radius 1 is 1.08 bits per heavy atom. The van der Waals surface area contributed by atoms with Crippen LogP contribution in [0.4, 0.5) is 5.82 Å². The Labute approximate surface area is 153 Å². The first kappa shape index (κ1) is 16.6. The Hall–Kier alpha value is -2.29. The predicted octanol–water partition coefficient (Wildman–Crippen LogP) is 5.35. The van der Waals surface area contributed by atoms with Gasteiger partial charge in [-0.3, -0.25) is 0 Å². The number of pyridine rings is 1. The monoisotopic (exact) mass is 395 g/mol. The van der Waals surface area contributed by atoms with Crippen molar-refractivity contribution in [1.29, 1.82) is 5.26 Å². The molecule has 1 aromatic heterocycles. The molecule has 0 amide bonds. The molecule has 118 valence electrons. The molecule has 0 atom stereocenters. The van der Waals surface area contributed by atoms with Crippen LogP contribution in [0, 0.1) is 11.3 Å². The van der Waals surface area contributed by atoms with Crippen molar-refractivity contribution in [3.63, 3.8) is 0 Å². The molecule has 5 heteroatoms. The maximum absolute atomic E-state index is 9.49. The molecule has 24 heavy (non-hydrogen) atoms. The molecule has 0 aliphatic carbocycles. The zero-order chi connectivity index (χ0) is 17.1. The fourth-order valence-corrected chi connectivity index (χ4v) is 3.28. The average molecular weight is 396 g/mol. The Bertz CT molecular complexity index is 930. The molecule has 1 heterocycles. The Morgan fingerprint density at radius 3 is 2.46 bits per heavy atom. The minimum Gasteiger partial charge on any atom is -0.383 e. The summed E-state index contributed by atoms with van der Waals surface area (Å²) in [6.07, 6.45) is 2.03. The molecule has 0 aliphatic rings. The van der Waals surface area contributed by atoms with E-state index in [4.69, 9.17) is 5.73 Å². The fourth-order valence-electron chi connectivity index (χ4n) is 2.48. The van der Waals surface area contributed by atoms with Crippen molar-refractivity contribution in [1.82, 2.24) is 4.98 Å². The lowest BCUT2D eigenvalue weighted by Crippen LogP contribution is -1.99. The molecule has 0 radical (unpaired) electrons. The number of rotatable bonds is 3. The Kier molecular flexibility index (Phi) is 4.89. The van der Waals surface area contributed by atoms with Crippen LogP contribution in [0.15, 0.2) is 64.0 Å². The lowest BCUT2D eigenvalue weighted by atomic mass is 9.98. The van der Waals surface area contributed by atoms with Crippen molar-refractivity contribution >= 4 is 33.5 Å². The van der Waals surface area contributed by atoms with Gasteiger partial charge in [0.2, 0.25) is 0 Å². The van der Waals surface area contributed by atoms with Crippen LogP contribution in [-0.4, -0.2) is 11.2 Å². The summed E-state index contributed by atoms with van der Waals surface area (Å²) in [7, 11) is 0. The van der Waals surface area contributed by atoms with Crippen LogP contribution in [0.3, 0.4) is 0 Å². The second kappa shape index (κ2) is 7.08. The standard InChI is InChI=1S/C19H14BrN3S/c1-24-15-7-5-12(6-8-15)16-10-18(23-19(22)17(16)11-21)13-3-2-4-14(20)9-13/h2-10H,1H3,(H2,22,23). The summed E-state index contributed by atoms with van der Waals surface area (Å²) < 4.78 is 0.968. The highest BCUT2D eigenvalue weighted by molar-refractivity contribution is 9.10. The summed E-state index contributed by atoms with van der Waals surface area (Å²) >= 11 is 5.15. The van der Waals surface area contributed by atoms with E-state index in [0.29, 0.717) is 5.56 Å². The number of anilines is 1. The molecular weight excluding hydrogens is 382 g/mol. The third-order valence-electron chi connectivity index (χ3n) is 3.68. The molecule has 3 rings (SSSR count). The van der Waals surface area contributed by atoms with E-state index in [2.05, 4.69) is 27.0 Å². The highest BCUT2D eigenvalue weighted by Crippen LogP contribution is 2.32. The first-order chi connectivity index (χ1) is 11.6. The van der Waals surface area contributed by atoms with Crippen molar-refractivity contribution in [3.8, 4) is 28.5 Å². The first-order valence-corrected chi connectivity index (χ1v) is 9.25. The molecule has 3 aromatic rings. The minimum absolute atomic E-state index is 0.249. The molecule has 3 nitrogen and oxygen atoms in total. The number of benzene rings is 2. The van der Waals surface area contributed by atoms with Crippen LogP contribution in [0.2, 0.25) is 0 Å². The quantitative estimate of drug-likeness (QED) is 0.606. The summed E-state index contributed by atoms with van der Waals surface area (Å²) in [5.74, 6) is 0.249. The van der Waals surface area contributed by atoms with Crippen LogP contribution in [-0.2, 0) is 0 Å². The molecule has 0 fully saturated rings. The van der Waals surface area contributed by atoms with E-state index >= 15 is 0 Å². The van der Waals surface area contributed by atoms with Crippen LogP contribution in [0.5, 0.6) is 0 Å². The maximum atomic E-state index is 9.49. The Morgan fingerprint density at radius 2 is 1.83 bits per heavy atom. The number of hydrogen-bond donors (Lipinski definition) is 1. The highest BCUT2D eigenvalue weighted by Gasteiger charge is 2.13. The molecule has 0 saturated carbocycles. The summed E-state index contributed by atoms with van der Waals surface area (Å²) in [5.41, 5.74) is 9.91. The van der Waals surface area contributed by atoms with Crippen molar-refractivity contribution in [2.75, 3.05) is 12.0 Å². The van der Waals surface area contributed by atoms with Gasteiger partial charge in [-0.1, -0.05) is 40.2 Å². The normalized spacial score (nSPS) is 10.4. The summed E-state index contributed by atoms with van der Waals surface area (Å²) in [5, 5.41) is 9.49. The summed E-state index contributed by atoms with van der Waals surface area (Å²) in [6.45, 7) is 0. The van der Waals surface area contributed by atoms with Crippen LogP contribution in [0.1, 0.15) is 5.56 Å². The fraction of sp³-hybridized carbons (Fsp3) is 0.0526. The number of thioether (sulfide) groups is 1. The number of nitrogens with two attached hydrogens (primary N) is 1. The molecule has 0 bridgehead atoms. The lowest BCUT2D eigenvalue weighted by Gasteiger charge is -2.11. The van der Waals surface area contributed by atoms with Gasteiger partial charge in [-0.2, -0.15) is 5.26 Å². The molecule has 2 aromatic carbocycles.